The summed E-state index contributed by atoms with van der Waals surface area (Å²) in [6.07, 6.45) is 4.05. The van der Waals surface area contributed by atoms with Gasteiger partial charge in [-0.3, -0.25) is 4.79 Å². The SMILES string of the molecule is COCCC[C@H](C)C(=O)N1CCC[C@@H]1c1cccc(C)c1C. The van der Waals surface area contributed by atoms with Crippen LogP contribution >= 0.6 is 0 Å². The highest BCUT2D eigenvalue weighted by atomic mass is 16.5. The molecule has 0 aliphatic carbocycles. The Bertz CT molecular complexity index is 512. The molecule has 1 aromatic carbocycles. The number of likely N-dealkylation sites (tertiary alicyclic amines) is 1. The third-order valence-corrected chi connectivity index (χ3v) is 4.95. The van der Waals surface area contributed by atoms with Crippen molar-refractivity contribution in [3.05, 3.63) is 34.9 Å². The summed E-state index contributed by atoms with van der Waals surface area (Å²) >= 11 is 0. The topological polar surface area (TPSA) is 29.5 Å². The molecule has 22 heavy (non-hydrogen) atoms. The zero-order valence-electron chi connectivity index (χ0n) is 14.4. The van der Waals surface area contributed by atoms with E-state index in [-0.39, 0.29) is 12.0 Å². The van der Waals surface area contributed by atoms with E-state index in [2.05, 4.69) is 43.9 Å². The molecule has 3 nitrogen and oxygen atoms in total. The van der Waals surface area contributed by atoms with E-state index in [0.717, 1.165) is 38.8 Å². The molecule has 3 heteroatoms. The minimum atomic E-state index is 0.0841. The zero-order chi connectivity index (χ0) is 16.1. The second kappa shape index (κ2) is 7.77. The summed E-state index contributed by atoms with van der Waals surface area (Å²) in [5.41, 5.74) is 3.97. The van der Waals surface area contributed by atoms with Crippen LogP contribution in [0.15, 0.2) is 18.2 Å². The van der Waals surface area contributed by atoms with Gasteiger partial charge < -0.3 is 9.64 Å². The van der Waals surface area contributed by atoms with Crippen LogP contribution in [0.2, 0.25) is 0 Å². The van der Waals surface area contributed by atoms with Gasteiger partial charge in [0.25, 0.3) is 0 Å². The van der Waals surface area contributed by atoms with Crippen LogP contribution in [0.5, 0.6) is 0 Å². The Hall–Kier alpha value is -1.35. The van der Waals surface area contributed by atoms with Crippen LogP contribution in [-0.4, -0.2) is 31.1 Å². The number of methoxy groups -OCH3 is 1. The number of amides is 1. The predicted octanol–water partition coefficient (Wildman–Crippen LogP) is 4.03. The Labute approximate surface area is 134 Å². The predicted molar refractivity (Wildman–Crippen MR) is 89.9 cm³/mol. The van der Waals surface area contributed by atoms with Crippen molar-refractivity contribution in [2.45, 2.75) is 52.5 Å². The molecule has 0 unspecified atom stereocenters. The van der Waals surface area contributed by atoms with Crippen molar-refractivity contribution in [1.82, 2.24) is 4.90 Å². The molecule has 0 N–H and O–H groups in total. The lowest BCUT2D eigenvalue weighted by atomic mass is 9.95. The first-order valence-corrected chi connectivity index (χ1v) is 8.41. The summed E-state index contributed by atoms with van der Waals surface area (Å²) in [5.74, 6) is 0.389. The maximum atomic E-state index is 12.8. The molecule has 1 amide bonds. The number of carbonyl (C=O) groups excluding carboxylic acids is 1. The molecule has 1 heterocycles. The minimum absolute atomic E-state index is 0.0841. The summed E-state index contributed by atoms with van der Waals surface area (Å²) < 4.78 is 5.09. The van der Waals surface area contributed by atoms with Gasteiger partial charge in [-0.25, -0.2) is 0 Å². The van der Waals surface area contributed by atoms with E-state index in [9.17, 15) is 4.79 Å². The number of rotatable bonds is 6. The molecular weight excluding hydrogens is 274 g/mol. The minimum Gasteiger partial charge on any atom is -0.385 e. The van der Waals surface area contributed by atoms with Gasteiger partial charge in [-0.2, -0.15) is 0 Å². The van der Waals surface area contributed by atoms with Crippen molar-refractivity contribution >= 4 is 5.91 Å². The Morgan fingerprint density at radius 1 is 1.41 bits per heavy atom. The Kier molecular flexibility index (Phi) is 6.01. The van der Waals surface area contributed by atoms with Crippen molar-refractivity contribution in [2.24, 2.45) is 5.92 Å². The van der Waals surface area contributed by atoms with Crippen LogP contribution in [0, 0.1) is 19.8 Å². The van der Waals surface area contributed by atoms with E-state index in [4.69, 9.17) is 4.74 Å². The van der Waals surface area contributed by atoms with Crippen molar-refractivity contribution < 1.29 is 9.53 Å². The lowest BCUT2D eigenvalue weighted by molar-refractivity contribution is -0.136. The van der Waals surface area contributed by atoms with Gasteiger partial charge in [-0.1, -0.05) is 25.1 Å². The maximum absolute atomic E-state index is 12.8. The van der Waals surface area contributed by atoms with Crippen molar-refractivity contribution in [3.63, 3.8) is 0 Å². The first kappa shape index (κ1) is 17.0. The van der Waals surface area contributed by atoms with Gasteiger partial charge in [0, 0.05) is 26.2 Å². The largest absolute Gasteiger partial charge is 0.385 e. The van der Waals surface area contributed by atoms with Crippen molar-refractivity contribution in [1.29, 1.82) is 0 Å². The van der Waals surface area contributed by atoms with Gasteiger partial charge >= 0.3 is 0 Å². The average Bonchev–Trinajstić information content (AvgIpc) is 2.98. The molecule has 0 saturated carbocycles. The number of nitrogens with zero attached hydrogens (tertiary/aromatic N) is 1. The van der Waals surface area contributed by atoms with E-state index >= 15 is 0 Å². The zero-order valence-corrected chi connectivity index (χ0v) is 14.4. The third-order valence-electron chi connectivity index (χ3n) is 4.95. The van der Waals surface area contributed by atoms with Crippen LogP contribution in [0.3, 0.4) is 0 Å². The smallest absolute Gasteiger partial charge is 0.225 e. The van der Waals surface area contributed by atoms with Gasteiger partial charge in [0.1, 0.15) is 0 Å². The van der Waals surface area contributed by atoms with Gasteiger partial charge in [-0.15, -0.1) is 0 Å². The number of ether oxygens (including phenoxy) is 1. The van der Waals surface area contributed by atoms with Crippen LogP contribution in [-0.2, 0) is 9.53 Å². The van der Waals surface area contributed by atoms with E-state index in [0.29, 0.717) is 5.91 Å². The molecule has 1 aromatic rings. The molecule has 0 radical (unpaired) electrons. The number of hydrogen-bond donors (Lipinski definition) is 0. The number of carbonyl (C=O) groups is 1. The third kappa shape index (κ3) is 3.70. The molecule has 0 bridgehead atoms. The van der Waals surface area contributed by atoms with Crippen LogP contribution < -0.4 is 0 Å². The highest BCUT2D eigenvalue weighted by Crippen LogP contribution is 2.35. The number of benzene rings is 1. The highest BCUT2D eigenvalue weighted by molar-refractivity contribution is 5.79. The molecule has 2 rings (SSSR count). The van der Waals surface area contributed by atoms with E-state index in [1.165, 1.54) is 16.7 Å². The first-order valence-electron chi connectivity index (χ1n) is 8.41. The van der Waals surface area contributed by atoms with Gasteiger partial charge in [0.05, 0.1) is 6.04 Å². The summed E-state index contributed by atoms with van der Waals surface area (Å²) in [5, 5.41) is 0. The highest BCUT2D eigenvalue weighted by Gasteiger charge is 2.32. The second-order valence-electron chi connectivity index (χ2n) is 6.51. The normalized spacial score (nSPS) is 19.5. The fourth-order valence-corrected chi connectivity index (χ4v) is 3.43. The lowest BCUT2D eigenvalue weighted by Gasteiger charge is -2.29. The standard InChI is InChI=1S/C19H29NO2/c1-14-8-5-10-17(16(14)3)18-11-6-12-20(18)19(21)15(2)9-7-13-22-4/h5,8,10,15,18H,6-7,9,11-13H2,1-4H3/t15-,18+/m0/s1. The van der Waals surface area contributed by atoms with Crippen LogP contribution in [0.1, 0.15) is 55.3 Å². The van der Waals surface area contributed by atoms with E-state index in [1.807, 2.05) is 0 Å². The summed E-state index contributed by atoms with van der Waals surface area (Å²) in [6.45, 7) is 8.00. The average molecular weight is 303 g/mol. The Morgan fingerprint density at radius 3 is 2.91 bits per heavy atom. The quantitative estimate of drug-likeness (QED) is 0.743. The molecule has 1 aliphatic heterocycles. The van der Waals surface area contributed by atoms with Gasteiger partial charge in [0.15, 0.2) is 0 Å². The molecule has 1 aliphatic rings. The molecule has 0 spiro atoms. The van der Waals surface area contributed by atoms with Crippen LogP contribution in [0.25, 0.3) is 0 Å². The number of aryl methyl sites for hydroxylation is 1. The molecule has 1 saturated heterocycles. The Balaban J connectivity index is 2.10. The number of hydrogen-bond acceptors (Lipinski definition) is 2. The molecule has 122 valence electrons. The molecule has 0 aromatic heterocycles. The van der Waals surface area contributed by atoms with Gasteiger partial charge in [0.2, 0.25) is 5.91 Å². The second-order valence-corrected chi connectivity index (χ2v) is 6.51. The maximum Gasteiger partial charge on any atom is 0.225 e. The molecular formula is C19H29NO2. The fraction of sp³-hybridized carbons (Fsp3) is 0.632. The van der Waals surface area contributed by atoms with E-state index < -0.39 is 0 Å². The molecule has 1 fully saturated rings. The fourth-order valence-electron chi connectivity index (χ4n) is 3.43. The molecule has 2 atom stereocenters. The van der Waals surface area contributed by atoms with Gasteiger partial charge in [-0.05, 0) is 56.2 Å². The van der Waals surface area contributed by atoms with Crippen molar-refractivity contribution in [3.8, 4) is 0 Å². The van der Waals surface area contributed by atoms with Crippen molar-refractivity contribution in [2.75, 3.05) is 20.3 Å². The van der Waals surface area contributed by atoms with Crippen LogP contribution in [0.4, 0.5) is 0 Å². The Morgan fingerprint density at radius 2 is 2.18 bits per heavy atom. The lowest BCUT2D eigenvalue weighted by Crippen LogP contribution is -2.35. The summed E-state index contributed by atoms with van der Waals surface area (Å²) in [6, 6.07) is 6.71. The summed E-state index contributed by atoms with van der Waals surface area (Å²) in [4.78, 5) is 14.9. The van der Waals surface area contributed by atoms with E-state index in [1.54, 1.807) is 7.11 Å². The summed E-state index contributed by atoms with van der Waals surface area (Å²) in [7, 11) is 1.71. The monoisotopic (exact) mass is 303 g/mol. The first-order chi connectivity index (χ1) is 10.6.